The van der Waals surface area contributed by atoms with Crippen LogP contribution in [0.2, 0.25) is 0 Å². The van der Waals surface area contributed by atoms with Crippen molar-refractivity contribution in [2.75, 3.05) is 6.61 Å². The second kappa shape index (κ2) is 4.73. The molecule has 0 amide bonds. The fraction of sp³-hybridized carbons (Fsp3) is 0.571. The van der Waals surface area contributed by atoms with E-state index in [1.807, 2.05) is 0 Å². The summed E-state index contributed by atoms with van der Waals surface area (Å²) in [6, 6.07) is 0. The lowest BCUT2D eigenvalue weighted by Gasteiger charge is -2.22. The second-order valence-electron chi connectivity index (χ2n) is 2.68. The van der Waals surface area contributed by atoms with Gasteiger partial charge in [-0.15, -0.1) is 0 Å². The SMILES string of the molecule is C=C(COC(C(F)(F)F)C(F)(F)F)C(=O)O. The summed E-state index contributed by atoms with van der Waals surface area (Å²) in [6.45, 7) is 1.37. The van der Waals surface area contributed by atoms with E-state index < -0.39 is 36.6 Å². The van der Waals surface area contributed by atoms with Gasteiger partial charge >= 0.3 is 18.3 Å². The number of ether oxygens (including phenoxy) is 1. The quantitative estimate of drug-likeness (QED) is 0.615. The van der Waals surface area contributed by atoms with Crippen molar-refractivity contribution in [2.24, 2.45) is 0 Å². The Morgan fingerprint density at radius 3 is 1.81 bits per heavy atom. The Bertz CT molecular complexity index is 265. The number of hydrogen-bond acceptors (Lipinski definition) is 2. The molecule has 0 atom stereocenters. The number of alkyl halides is 6. The van der Waals surface area contributed by atoms with Gasteiger partial charge in [0.1, 0.15) is 0 Å². The van der Waals surface area contributed by atoms with Crippen molar-refractivity contribution in [1.29, 1.82) is 0 Å². The summed E-state index contributed by atoms with van der Waals surface area (Å²) in [5, 5.41) is 8.16. The van der Waals surface area contributed by atoms with E-state index in [9.17, 15) is 31.1 Å². The monoisotopic (exact) mass is 252 g/mol. The molecule has 0 aromatic rings. The van der Waals surface area contributed by atoms with Gasteiger partial charge in [-0.1, -0.05) is 6.58 Å². The molecule has 0 radical (unpaired) electrons. The highest BCUT2D eigenvalue weighted by Gasteiger charge is 2.58. The second-order valence-corrected chi connectivity index (χ2v) is 2.68. The standard InChI is InChI=1S/C7H6F6O3/c1-3(4(14)15)2-16-5(6(8,9)10)7(11,12)13/h5H,1-2H2,(H,14,15). The van der Waals surface area contributed by atoms with Gasteiger partial charge in [-0.05, 0) is 0 Å². The number of rotatable bonds is 4. The molecule has 0 bridgehead atoms. The fourth-order valence-corrected chi connectivity index (χ4v) is 0.620. The summed E-state index contributed by atoms with van der Waals surface area (Å²) in [5.41, 5.74) is -0.904. The first-order chi connectivity index (χ1) is 6.96. The van der Waals surface area contributed by atoms with Crippen LogP contribution in [0.15, 0.2) is 12.2 Å². The minimum Gasteiger partial charge on any atom is -0.478 e. The average Bonchev–Trinajstić information content (AvgIpc) is 1.98. The molecule has 0 aliphatic rings. The summed E-state index contributed by atoms with van der Waals surface area (Å²) in [7, 11) is 0. The molecule has 0 unspecified atom stereocenters. The van der Waals surface area contributed by atoms with Crippen molar-refractivity contribution >= 4 is 5.97 Å². The predicted octanol–water partition coefficient (Wildman–Crippen LogP) is 2.14. The Morgan fingerprint density at radius 1 is 1.19 bits per heavy atom. The zero-order chi connectivity index (χ0) is 13.1. The Hall–Kier alpha value is -1.25. The molecule has 1 N–H and O–H groups in total. The zero-order valence-electron chi connectivity index (χ0n) is 7.52. The number of carboxylic acid groups (broad SMARTS) is 1. The van der Waals surface area contributed by atoms with E-state index in [0.717, 1.165) is 0 Å². The minimum atomic E-state index is -5.66. The predicted molar refractivity (Wildman–Crippen MR) is 38.6 cm³/mol. The molecule has 16 heavy (non-hydrogen) atoms. The van der Waals surface area contributed by atoms with Gasteiger partial charge in [0, 0.05) is 0 Å². The third-order valence-electron chi connectivity index (χ3n) is 1.32. The highest BCUT2D eigenvalue weighted by atomic mass is 19.4. The topological polar surface area (TPSA) is 46.5 Å². The third-order valence-corrected chi connectivity index (χ3v) is 1.32. The lowest BCUT2D eigenvalue weighted by molar-refractivity contribution is -0.319. The number of carbonyl (C=O) groups is 1. The van der Waals surface area contributed by atoms with Gasteiger partial charge in [-0.2, -0.15) is 26.3 Å². The summed E-state index contributed by atoms with van der Waals surface area (Å²) >= 11 is 0. The Labute approximate surface area is 85.3 Å². The molecular formula is C7H6F6O3. The molecule has 0 aliphatic heterocycles. The molecule has 0 aromatic heterocycles. The maximum Gasteiger partial charge on any atom is 0.423 e. The molecule has 0 aromatic carbocycles. The maximum absolute atomic E-state index is 11.8. The molecule has 0 rings (SSSR count). The maximum atomic E-state index is 11.8. The van der Waals surface area contributed by atoms with E-state index >= 15 is 0 Å². The van der Waals surface area contributed by atoms with Crippen molar-refractivity contribution in [2.45, 2.75) is 18.5 Å². The molecule has 0 aliphatic carbocycles. The van der Waals surface area contributed by atoms with Crippen molar-refractivity contribution in [3.63, 3.8) is 0 Å². The number of aliphatic carboxylic acids is 1. The van der Waals surface area contributed by atoms with E-state index in [-0.39, 0.29) is 0 Å². The number of carboxylic acids is 1. The third kappa shape index (κ3) is 4.51. The van der Waals surface area contributed by atoms with E-state index in [4.69, 9.17) is 5.11 Å². The molecule has 0 saturated carbocycles. The van der Waals surface area contributed by atoms with E-state index in [1.54, 1.807) is 0 Å². The van der Waals surface area contributed by atoms with Gasteiger partial charge in [-0.25, -0.2) is 4.79 Å². The first kappa shape index (κ1) is 14.8. The van der Waals surface area contributed by atoms with E-state index in [0.29, 0.717) is 0 Å². The molecule has 0 saturated heterocycles. The fourth-order valence-electron chi connectivity index (χ4n) is 0.620. The van der Waals surface area contributed by atoms with Crippen molar-refractivity contribution in [3.8, 4) is 0 Å². The van der Waals surface area contributed by atoms with Gasteiger partial charge in [0.2, 0.25) is 6.10 Å². The summed E-state index contributed by atoms with van der Waals surface area (Å²) in [4.78, 5) is 10.1. The molecule has 0 fully saturated rings. The summed E-state index contributed by atoms with van der Waals surface area (Å²) < 4.78 is 74.5. The normalized spacial score (nSPS) is 12.9. The summed E-state index contributed by atoms with van der Waals surface area (Å²) in [6.07, 6.45) is -15.3. The van der Waals surface area contributed by atoms with Crippen LogP contribution in [0.5, 0.6) is 0 Å². The molecular weight excluding hydrogens is 246 g/mol. The first-order valence-corrected chi connectivity index (χ1v) is 3.62. The largest absolute Gasteiger partial charge is 0.478 e. The lowest BCUT2D eigenvalue weighted by Crippen LogP contribution is -2.44. The van der Waals surface area contributed by atoms with Crippen molar-refractivity contribution in [3.05, 3.63) is 12.2 Å². The summed E-state index contributed by atoms with van der Waals surface area (Å²) in [5.74, 6) is -1.73. The Balaban J connectivity index is 4.60. The van der Waals surface area contributed by atoms with Gasteiger partial charge in [-0.3, -0.25) is 0 Å². The van der Waals surface area contributed by atoms with Crippen molar-refractivity contribution in [1.82, 2.24) is 0 Å². The number of halogens is 6. The van der Waals surface area contributed by atoms with E-state index in [1.165, 1.54) is 0 Å². The smallest absolute Gasteiger partial charge is 0.423 e. The van der Waals surface area contributed by atoms with Crippen LogP contribution in [0.25, 0.3) is 0 Å². The van der Waals surface area contributed by atoms with Gasteiger partial charge < -0.3 is 9.84 Å². The first-order valence-electron chi connectivity index (χ1n) is 3.62. The minimum absolute atomic E-state index is 0.904. The number of hydrogen-bond donors (Lipinski definition) is 1. The van der Waals surface area contributed by atoms with Crippen molar-refractivity contribution < 1.29 is 41.0 Å². The van der Waals surface area contributed by atoms with Gasteiger partial charge in [0.25, 0.3) is 0 Å². The highest BCUT2D eigenvalue weighted by molar-refractivity contribution is 5.85. The van der Waals surface area contributed by atoms with Gasteiger partial charge in [0.15, 0.2) is 0 Å². The molecule has 0 heterocycles. The van der Waals surface area contributed by atoms with Crippen LogP contribution in [0, 0.1) is 0 Å². The van der Waals surface area contributed by atoms with Crippen LogP contribution in [-0.4, -0.2) is 36.1 Å². The average molecular weight is 252 g/mol. The molecule has 94 valence electrons. The van der Waals surface area contributed by atoms with Gasteiger partial charge in [0.05, 0.1) is 12.2 Å². The molecule has 0 spiro atoms. The molecule has 9 heteroatoms. The van der Waals surface area contributed by atoms with Crippen LogP contribution in [0.3, 0.4) is 0 Å². The van der Waals surface area contributed by atoms with Crippen LogP contribution < -0.4 is 0 Å². The lowest BCUT2D eigenvalue weighted by atomic mass is 10.3. The van der Waals surface area contributed by atoms with E-state index in [2.05, 4.69) is 11.3 Å². The van der Waals surface area contributed by atoms with Crippen LogP contribution in [0.1, 0.15) is 0 Å². The van der Waals surface area contributed by atoms with Crippen LogP contribution in [-0.2, 0) is 9.53 Å². The Morgan fingerprint density at radius 2 is 1.56 bits per heavy atom. The highest BCUT2D eigenvalue weighted by Crippen LogP contribution is 2.35. The Kier molecular flexibility index (Phi) is 4.36. The van der Waals surface area contributed by atoms with Crippen LogP contribution in [0.4, 0.5) is 26.3 Å². The van der Waals surface area contributed by atoms with Crippen LogP contribution >= 0.6 is 0 Å². The molecule has 3 nitrogen and oxygen atoms in total. The zero-order valence-corrected chi connectivity index (χ0v) is 7.52.